The van der Waals surface area contributed by atoms with Gasteiger partial charge in [-0.15, -0.1) is 0 Å². The molecular weight excluding hydrogens is 546 g/mol. The fourth-order valence-corrected chi connectivity index (χ4v) is 5.87. The highest BCUT2D eigenvalue weighted by Gasteiger charge is 2.37. The van der Waals surface area contributed by atoms with E-state index in [1.54, 1.807) is 4.90 Å². The zero-order valence-corrected chi connectivity index (χ0v) is 22.4. The summed E-state index contributed by atoms with van der Waals surface area (Å²) in [5, 5.41) is 0.871. The van der Waals surface area contributed by atoms with E-state index in [2.05, 4.69) is 4.99 Å². The minimum Gasteiger partial charge on any atom is -0.463 e. The van der Waals surface area contributed by atoms with Gasteiger partial charge in [0.2, 0.25) is 0 Å². The summed E-state index contributed by atoms with van der Waals surface area (Å²) >= 11 is 0. The van der Waals surface area contributed by atoms with Crippen molar-refractivity contribution in [1.29, 1.82) is 0 Å². The summed E-state index contributed by atoms with van der Waals surface area (Å²) in [5.41, 5.74) is 5.79. The number of pyridine rings is 1. The predicted octanol–water partition coefficient (Wildman–Crippen LogP) is 7.28. The van der Waals surface area contributed by atoms with Crippen molar-refractivity contribution in [1.82, 2.24) is 9.88 Å². The van der Waals surface area contributed by atoms with E-state index < -0.39 is 23.5 Å². The number of fused-ring (bicyclic) bond motifs is 1. The average Bonchev–Trinajstić information content (AvgIpc) is 3.65. The molecule has 2 heterocycles. The maximum Gasteiger partial charge on any atom is 0.416 e. The molecule has 1 atom stereocenters. The zero-order valence-electron chi connectivity index (χ0n) is 22.4. The summed E-state index contributed by atoms with van der Waals surface area (Å²) in [5.74, 6) is 0.491. The molecular formula is C30H32F6N4O. The van der Waals surface area contributed by atoms with Gasteiger partial charge >= 0.3 is 12.4 Å². The third kappa shape index (κ3) is 6.94. The number of nitrogens with zero attached hydrogens (tertiary/aromatic N) is 3. The normalized spacial score (nSPS) is 17.1. The van der Waals surface area contributed by atoms with Gasteiger partial charge in [-0.3, -0.25) is 4.98 Å². The number of para-hydroxylation sites is 1. The number of hydrogen-bond donors (Lipinski definition) is 1. The molecule has 1 aliphatic heterocycles. The standard InChI is InChI=1S/C30H32F6N4O/c31-29(32,33)24-12-20(13-25(15-24)30(34,35)36)17-40(28-38-9-10-41-28)18-23-14-21-7-3-4-8-26(21)39-27(23)22(16-37)11-19-5-1-2-6-19/h3-4,7-8,12-15,19,22H,1-2,5-6,9-11,16-18,37H2. The topological polar surface area (TPSA) is 63.7 Å². The van der Waals surface area contributed by atoms with Crippen LogP contribution in [-0.4, -0.2) is 35.6 Å². The third-order valence-electron chi connectivity index (χ3n) is 7.82. The van der Waals surface area contributed by atoms with Gasteiger partial charge in [0.05, 0.1) is 28.9 Å². The SMILES string of the molecule is NCC(CC1CCCC1)c1nc2ccccc2cc1CN(Cc1cc(C(F)(F)F)cc(C(F)(F)F)c1)C1=NCCO1. The number of alkyl halides is 6. The van der Waals surface area contributed by atoms with Crippen LogP contribution in [0.5, 0.6) is 0 Å². The minimum absolute atomic E-state index is 0.0450. The number of rotatable bonds is 8. The fraction of sp³-hybridized carbons (Fsp3) is 0.467. The van der Waals surface area contributed by atoms with Crippen LogP contribution in [-0.2, 0) is 30.2 Å². The van der Waals surface area contributed by atoms with E-state index in [1.807, 2.05) is 30.3 Å². The summed E-state index contributed by atoms with van der Waals surface area (Å²) in [6, 6.07) is 11.4. The van der Waals surface area contributed by atoms with Crippen molar-refractivity contribution in [2.45, 2.75) is 63.5 Å². The van der Waals surface area contributed by atoms with Crippen LogP contribution < -0.4 is 5.73 Å². The van der Waals surface area contributed by atoms with Crippen LogP contribution in [0.2, 0.25) is 0 Å². The first-order valence-corrected chi connectivity index (χ1v) is 13.8. The summed E-state index contributed by atoms with van der Waals surface area (Å²) < 4.78 is 87.1. The van der Waals surface area contributed by atoms with Crippen molar-refractivity contribution >= 4 is 16.9 Å². The van der Waals surface area contributed by atoms with Crippen molar-refractivity contribution in [2.24, 2.45) is 16.6 Å². The van der Waals surface area contributed by atoms with E-state index >= 15 is 0 Å². The summed E-state index contributed by atoms with van der Waals surface area (Å²) in [4.78, 5) is 10.9. The second kappa shape index (κ2) is 11.9. The Morgan fingerprint density at radius 1 is 0.927 bits per heavy atom. The molecule has 0 bridgehead atoms. The highest BCUT2D eigenvalue weighted by atomic mass is 19.4. The monoisotopic (exact) mass is 578 g/mol. The predicted molar refractivity (Wildman–Crippen MR) is 144 cm³/mol. The zero-order chi connectivity index (χ0) is 29.2. The quantitative estimate of drug-likeness (QED) is 0.285. The first kappa shape index (κ1) is 29.2. The maximum absolute atomic E-state index is 13.6. The fourth-order valence-electron chi connectivity index (χ4n) is 5.87. The van der Waals surface area contributed by atoms with Crippen molar-refractivity contribution in [3.05, 3.63) is 76.5 Å². The molecule has 5 rings (SSSR count). The van der Waals surface area contributed by atoms with Crippen LogP contribution in [0.3, 0.4) is 0 Å². The summed E-state index contributed by atoms with van der Waals surface area (Å²) in [7, 11) is 0. The van der Waals surface area contributed by atoms with Gasteiger partial charge in [0, 0.05) is 30.9 Å². The number of nitrogens with two attached hydrogens (primary N) is 1. The molecule has 1 aliphatic carbocycles. The third-order valence-corrected chi connectivity index (χ3v) is 7.82. The Kier molecular flexibility index (Phi) is 8.45. The Bertz CT molecular complexity index is 1370. The number of halogens is 6. The molecule has 1 unspecified atom stereocenters. The van der Waals surface area contributed by atoms with Crippen molar-refractivity contribution in [2.75, 3.05) is 19.7 Å². The first-order chi connectivity index (χ1) is 19.5. The van der Waals surface area contributed by atoms with Crippen LogP contribution in [0.25, 0.3) is 10.9 Å². The highest BCUT2D eigenvalue weighted by Crippen LogP contribution is 2.38. The Labute approximate surface area is 234 Å². The van der Waals surface area contributed by atoms with Crippen molar-refractivity contribution in [3.63, 3.8) is 0 Å². The average molecular weight is 579 g/mol. The van der Waals surface area contributed by atoms with Gasteiger partial charge in [-0.1, -0.05) is 43.9 Å². The van der Waals surface area contributed by atoms with Crippen LogP contribution in [0.1, 0.15) is 66.0 Å². The second-order valence-electron chi connectivity index (χ2n) is 10.8. The highest BCUT2D eigenvalue weighted by molar-refractivity contribution is 5.80. The molecule has 0 spiro atoms. The van der Waals surface area contributed by atoms with Crippen LogP contribution in [0.4, 0.5) is 26.3 Å². The number of amidine groups is 1. The van der Waals surface area contributed by atoms with E-state index in [4.69, 9.17) is 15.5 Å². The largest absolute Gasteiger partial charge is 0.463 e. The van der Waals surface area contributed by atoms with Gasteiger partial charge in [0.25, 0.3) is 6.02 Å². The van der Waals surface area contributed by atoms with Gasteiger partial charge in [0.1, 0.15) is 6.61 Å². The van der Waals surface area contributed by atoms with E-state index in [0.29, 0.717) is 19.0 Å². The van der Waals surface area contributed by atoms with Gasteiger partial charge < -0.3 is 15.4 Å². The molecule has 1 saturated carbocycles. The molecule has 0 amide bonds. The Morgan fingerprint density at radius 3 is 2.22 bits per heavy atom. The smallest absolute Gasteiger partial charge is 0.416 e. The second-order valence-corrected chi connectivity index (χ2v) is 10.8. The molecule has 1 aromatic heterocycles. The minimum atomic E-state index is -4.94. The lowest BCUT2D eigenvalue weighted by Gasteiger charge is -2.28. The molecule has 220 valence electrons. The number of aliphatic imine (C=N–C) groups is 1. The number of ether oxygens (including phenoxy) is 1. The van der Waals surface area contributed by atoms with E-state index in [9.17, 15) is 26.3 Å². The molecule has 1 fully saturated rings. The van der Waals surface area contributed by atoms with Crippen LogP contribution >= 0.6 is 0 Å². The number of aromatic nitrogens is 1. The lowest BCUT2D eigenvalue weighted by atomic mass is 9.88. The van der Waals surface area contributed by atoms with Crippen molar-refractivity contribution < 1.29 is 31.1 Å². The van der Waals surface area contributed by atoms with E-state index in [0.717, 1.165) is 53.6 Å². The van der Waals surface area contributed by atoms with Crippen molar-refractivity contribution in [3.8, 4) is 0 Å². The van der Waals surface area contributed by atoms with E-state index in [1.165, 1.54) is 12.8 Å². The van der Waals surface area contributed by atoms with Gasteiger partial charge in [-0.2, -0.15) is 26.3 Å². The Balaban J connectivity index is 1.54. The molecule has 41 heavy (non-hydrogen) atoms. The molecule has 2 aromatic carbocycles. The lowest BCUT2D eigenvalue weighted by molar-refractivity contribution is -0.143. The first-order valence-electron chi connectivity index (χ1n) is 13.8. The Hall–Kier alpha value is -3.34. The van der Waals surface area contributed by atoms with Crippen LogP contribution in [0, 0.1) is 5.92 Å². The molecule has 2 aliphatic rings. The molecule has 3 aromatic rings. The summed E-state index contributed by atoms with van der Waals surface area (Å²) in [6.07, 6.45) is -4.38. The van der Waals surface area contributed by atoms with Gasteiger partial charge in [-0.05, 0) is 53.8 Å². The molecule has 0 saturated heterocycles. The lowest BCUT2D eigenvalue weighted by Crippen LogP contribution is -2.32. The molecule has 11 heteroatoms. The molecule has 0 radical (unpaired) electrons. The number of benzene rings is 2. The maximum atomic E-state index is 13.6. The molecule has 5 nitrogen and oxygen atoms in total. The molecule has 2 N–H and O–H groups in total. The number of hydrogen-bond acceptors (Lipinski definition) is 5. The van der Waals surface area contributed by atoms with Gasteiger partial charge in [0.15, 0.2) is 0 Å². The Morgan fingerprint density at radius 2 is 1.61 bits per heavy atom. The van der Waals surface area contributed by atoms with E-state index in [-0.39, 0.29) is 43.3 Å². The summed E-state index contributed by atoms with van der Waals surface area (Å²) in [6.45, 7) is 0.851. The van der Waals surface area contributed by atoms with Crippen LogP contribution in [0.15, 0.2) is 53.5 Å². The van der Waals surface area contributed by atoms with Gasteiger partial charge in [-0.25, -0.2) is 4.99 Å².